The number of carboxylic acid groups (broad SMARTS) is 1. The molecule has 0 saturated heterocycles. The highest BCUT2D eigenvalue weighted by atomic mass is 32.2. The zero-order chi connectivity index (χ0) is 31.9. The summed E-state index contributed by atoms with van der Waals surface area (Å²) in [5.41, 5.74) is 1.59. The van der Waals surface area contributed by atoms with Crippen LogP contribution in [0, 0.1) is 0 Å². The predicted octanol–water partition coefficient (Wildman–Crippen LogP) is 7.29. The summed E-state index contributed by atoms with van der Waals surface area (Å²) < 4.78 is 8.73. The summed E-state index contributed by atoms with van der Waals surface area (Å²) in [6, 6.07) is 40.2. The molecule has 0 saturated carbocycles. The number of carbonyl (C=O) groups is 1. The number of aromatic nitrogens is 2. The molecule has 0 aliphatic carbocycles. The minimum Gasteiger partial charge on any atom is -0.490 e. The van der Waals surface area contributed by atoms with Crippen molar-refractivity contribution in [2.45, 2.75) is 22.4 Å². The summed E-state index contributed by atoms with van der Waals surface area (Å²) in [7, 11) is 0. The van der Waals surface area contributed by atoms with Gasteiger partial charge in [-0.3, -0.25) is 9.36 Å². The van der Waals surface area contributed by atoms with Gasteiger partial charge in [0.1, 0.15) is 12.4 Å². The Kier molecular flexibility index (Phi) is 9.27. The van der Waals surface area contributed by atoms with Crippen LogP contribution in [0.5, 0.6) is 5.75 Å². The Balaban J connectivity index is 1.41. The summed E-state index contributed by atoms with van der Waals surface area (Å²) in [6.45, 7) is 0.414. The zero-order valence-electron chi connectivity index (χ0n) is 24.7. The van der Waals surface area contributed by atoms with E-state index in [1.165, 1.54) is 16.7 Å². The molecule has 6 aromatic rings. The summed E-state index contributed by atoms with van der Waals surface area (Å²) in [6.07, 6.45) is 3.63. The maximum atomic E-state index is 14.4. The van der Waals surface area contributed by atoms with E-state index in [1.54, 1.807) is 40.6 Å². The van der Waals surface area contributed by atoms with Crippen LogP contribution in [0.3, 0.4) is 0 Å². The highest BCUT2D eigenvalue weighted by molar-refractivity contribution is 7.99. The standard InChI is InChI=1S/C38H30N2O5S/c41-36-33-23-22-32(46-31-16-8-3-9-17-31)26-34(33)39(24-10-11-25-45-30-20-18-29(19-21-30)37(42)43)38(44)40(36)35(27-12-4-1-5-13-27)28-14-6-2-7-15-28/h1-23,26,35H,24-25H2,(H,42,43)/b11-10+. The Morgan fingerprint density at radius 2 is 1.35 bits per heavy atom. The van der Waals surface area contributed by atoms with Gasteiger partial charge in [0.2, 0.25) is 0 Å². The minimum atomic E-state index is -1.00. The Bertz CT molecular complexity index is 2070. The molecule has 0 aliphatic rings. The van der Waals surface area contributed by atoms with E-state index in [9.17, 15) is 14.4 Å². The number of hydrogen-bond acceptors (Lipinski definition) is 5. The number of ether oxygens (including phenoxy) is 1. The van der Waals surface area contributed by atoms with Crippen molar-refractivity contribution in [1.29, 1.82) is 0 Å². The summed E-state index contributed by atoms with van der Waals surface area (Å²) in [4.78, 5) is 41.7. The van der Waals surface area contributed by atoms with E-state index in [1.807, 2.05) is 109 Å². The Hall–Kier alpha value is -5.60. The van der Waals surface area contributed by atoms with Crippen LogP contribution in [0.25, 0.3) is 10.9 Å². The first-order valence-electron chi connectivity index (χ1n) is 14.7. The molecule has 0 aliphatic heterocycles. The van der Waals surface area contributed by atoms with Gasteiger partial charge in [0.25, 0.3) is 5.56 Å². The fraction of sp³-hybridized carbons (Fsp3) is 0.0789. The first kappa shape index (κ1) is 30.4. The molecule has 1 N–H and O–H groups in total. The van der Waals surface area contributed by atoms with Gasteiger partial charge in [0.15, 0.2) is 0 Å². The van der Waals surface area contributed by atoms with Crippen LogP contribution in [0.2, 0.25) is 0 Å². The van der Waals surface area contributed by atoms with E-state index in [0.717, 1.165) is 20.9 Å². The van der Waals surface area contributed by atoms with E-state index < -0.39 is 17.7 Å². The largest absolute Gasteiger partial charge is 0.490 e. The van der Waals surface area contributed by atoms with E-state index in [2.05, 4.69) is 0 Å². The first-order valence-corrected chi connectivity index (χ1v) is 15.5. The highest BCUT2D eigenvalue weighted by Crippen LogP contribution is 2.30. The molecule has 0 amide bonds. The van der Waals surface area contributed by atoms with Crippen molar-refractivity contribution in [2.75, 3.05) is 6.61 Å². The molecule has 0 radical (unpaired) electrons. The van der Waals surface area contributed by atoms with Crippen molar-refractivity contribution in [3.63, 3.8) is 0 Å². The lowest BCUT2D eigenvalue weighted by Crippen LogP contribution is -2.43. The molecule has 0 bridgehead atoms. The number of aromatic carboxylic acids is 1. The lowest BCUT2D eigenvalue weighted by Gasteiger charge is -2.22. The molecule has 1 aromatic heterocycles. The van der Waals surface area contributed by atoms with E-state index in [-0.39, 0.29) is 24.3 Å². The molecule has 228 valence electrons. The first-order chi connectivity index (χ1) is 22.5. The zero-order valence-corrected chi connectivity index (χ0v) is 25.5. The molecule has 0 unspecified atom stereocenters. The van der Waals surface area contributed by atoms with Crippen LogP contribution >= 0.6 is 11.8 Å². The number of rotatable bonds is 11. The fourth-order valence-corrected chi connectivity index (χ4v) is 6.18. The Morgan fingerprint density at radius 3 is 1.96 bits per heavy atom. The molecular formula is C38H30N2O5S. The summed E-state index contributed by atoms with van der Waals surface area (Å²) in [5, 5.41) is 9.56. The number of benzene rings is 5. The van der Waals surface area contributed by atoms with E-state index >= 15 is 0 Å². The molecule has 7 nitrogen and oxygen atoms in total. The topological polar surface area (TPSA) is 90.5 Å². The van der Waals surface area contributed by atoms with Crippen LogP contribution in [0.1, 0.15) is 27.5 Å². The Morgan fingerprint density at radius 1 is 0.739 bits per heavy atom. The number of fused-ring (bicyclic) bond motifs is 1. The third kappa shape index (κ3) is 6.72. The molecular weight excluding hydrogens is 596 g/mol. The van der Waals surface area contributed by atoms with Crippen LogP contribution < -0.4 is 16.0 Å². The highest BCUT2D eigenvalue weighted by Gasteiger charge is 2.23. The van der Waals surface area contributed by atoms with Gasteiger partial charge in [-0.25, -0.2) is 14.2 Å². The van der Waals surface area contributed by atoms with Gasteiger partial charge >= 0.3 is 11.7 Å². The van der Waals surface area contributed by atoms with Gasteiger partial charge in [-0.2, -0.15) is 0 Å². The molecule has 6 rings (SSSR count). The van der Waals surface area contributed by atoms with Crippen molar-refractivity contribution >= 4 is 28.6 Å². The van der Waals surface area contributed by atoms with Crippen molar-refractivity contribution in [3.8, 4) is 5.75 Å². The second-order valence-corrected chi connectivity index (χ2v) is 11.6. The number of nitrogens with zero attached hydrogens (tertiary/aromatic N) is 2. The molecule has 8 heteroatoms. The van der Waals surface area contributed by atoms with Crippen LogP contribution in [-0.4, -0.2) is 26.8 Å². The maximum absolute atomic E-state index is 14.4. The average molecular weight is 627 g/mol. The summed E-state index contributed by atoms with van der Waals surface area (Å²) in [5.74, 6) is -0.473. The van der Waals surface area contributed by atoms with Gasteiger partial charge < -0.3 is 9.84 Å². The molecule has 0 atom stereocenters. The monoisotopic (exact) mass is 626 g/mol. The van der Waals surface area contributed by atoms with Gasteiger partial charge in [0.05, 0.1) is 22.5 Å². The van der Waals surface area contributed by atoms with Crippen molar-refractivity contribution in [2.24, 2.45) is 0 Å². The van der Waals surface area contributed by atoms with Crippen LogP contribution in [-0.2, 0) is 6.54 Å². The molecule has 46 heavy (non-hydrogen) atoms. The Labute approximate surface area is 269 Å². The number of carboxylic acids is 1. The van der Waals surface area contributed by atoms with Gasteiger partial charge in [-0.05, 0) is 71.8 Å². The molecule has 0 spiro atoms. The van der Waals surface area contributed by atoms with Crippen LogP contribution in [0.4, 0.5) is 0 Å². The van der Waals surface area contributed by atoms with Gasteiger partial charge in [-0.15, -0.1) is 0 Å². The van der Waals surface area contributed by atoms with E-state index in [4.69, 9.17) is 9.84 Å². The lowest BCUT2D eigenvalue weighted by atomic mass is 9.98. The SMILES string of the molecule is O=C(O)c1ccc(OC/C=C/Cn2c(=O)n(C(c3ccccc3)c3ccccc3)c(=O)c3ccc(Sc4ccccc4)cc32)cc1. The lowest BCUT2D eigenvalue weighted by molar-refractivity contribution is 0.0697. The quantitative estimate of drug-likeness (QED) is 0.152. The second-order valence-electron chi connectivity index (χ2n) is 10.5. The van der Waals surface area contributed by atoms with E-state index in [0.29, 0.717) is 16.7 Å². The van der Waals surface area contributed by atoms with Crippen molar-refractivity contribution < 1.29 is 14.6 Å². The number of allylic oxidation sites excluding steroid dienone is 1. The van der Waals surface area contributed by atoms with Gasteiger partial charge in [0, 0.05) is 16.3 Å². The second kappa shape index (κ2) is 14.0. The summed E-state index contributed by atoms with van der Waals surface area (Å²) >= 11 is 1.56. The molecule has 1 heterocycles. The average Bonchev–Trinajstić information content (AvgIpc) is 3.09. The van der Waals surface area contributed by atoms with Crippen molar-refractivity contribution in [3.05, 3.63) is 183 Å². The fourth-order valence-electron chi connectivity index (χ4n) is 5.30. The third-order valence-corrected chi connectivity index (χ3v) is 8.51. The number of hydrogen-bond donors (Lipinski definition) is 1. The smallest absolute Gasteiger partial charge is 0.335 e. The molecule has 5 aromatic carbocycles. The maximum Gasteiger partial charge on any atom is 0.335 e. The normalized spacial score (nSPS) is 11.3. The predicted molar refractivity (Wildman–Crippen MR) is 181 cm³/mol. The molecule has 0 fully saturated rings. The third-order valence-electron chi connectivity index (χ3n) is 7.52. The minimum absolute atomic E-state index is 0.179. The van der Waals surface area contributed by atoms with Crippen molar-refractivity contribution in [1.82, 2.24) is 9.13 Å². The van der Waals surface area contributed by atoms with Gasteiger partial charge in [-0.1, -0.05) is 96.7 Å². The van der Waals surface area contributed by atoms with Crippen LogP contribution in [0.15, 0.2) is 165 Å².